The Morgan fingerprint density at radius 1 is 1.17 bits per heavy atom. The molecule has 1 amide bonds. The van der Waals surface area contributed by atoms with E-state index in [-0.39, 0.29) is 5.91 Å². The lowest BCUT2D eigenvalue weighted by Crippen LogP contribution is -2.22. The molecule has 0 unspecified atom stereocenters. The number of hydrogen-bond acceptors (Lipinski definition) is 4. The van der Waals surface area contributed by atoms with E-state index in [2.05, 4.69) is 46.2 Å². The highest BCUT2D eigenvalue weighted by Gasteiger charge is 2.08. The summed E-state index contributed by atoms with van der Waals surface area (Å²) in [5, 5.41) is 2.98. The van der Waals surface area contributed by atoms with E-state index in [1.54, 1.807) is 12.4 Å². The molecule has 1 N–H and O–H groups in total. The maximum atomic E-state index is 12.1. The lowest BCUT2D eigenvalue weighted by molar-refractivity contribution is -0.116. The maximum absolute atomic E-state index is 12.1. The highest BCUT2D eigenvalue weighted by atomic mass is 16.1. The predicted molar refractivity (Wildman–Crippen MR) is 93.7 cm³/mol. The van der Waals surface area contributed by atoms with E-state index in [1.165, 1.54) is 12.0 Å². The van der Waals surface area contributed by atoms with Gasteiger partial charge in [-0.3, -0.25) is 4.79 Å². The SMILES string of the molecule is CCN(CC)c1ccc(NC(=O)CCc2cncnc2)c(C)c1. The second-order valence-corrected chi connectivity index (χ2v) is 5.47. The molecular formula is C18H24N4O. The van der Waals surface area contributed by atoms with E-state index in [9.17, 15) is 4.79 Å². The zero-order valence-corrected chi connectivity index (χ0v) is 14.0. The summed E-state index contributed by atoms with van der Waals surface area (Å²) < 4.78 is 0. The minimum absolute atomic E-state index is 0.00698. The second kappa shape index (κ2) is 8.27. The van der Waals surface area contributed by atoms with Crippen molar-refractivity contribution in [2.45, 2.75) is 33.6 Å². The summed E-state index contributed by atoms with van der Waals surface area (Å²) in [7, 11) is 0. The first-order valence-electron chi connectivity index (χ1n) is 8.03. The van der Waals surface area contributed by atoms with E-state index in [4.69, 9.17) is 0 Å². The lowest BCUT2D eigenvalue weighted by Gasteiger charge is -2.22. The molecule has 0 spiro atoms. The van der Waals surface area contributed by atoms with Gasteiger partial charge in [-0.25, -0.2) is 9.97 Å². The number of hydrogen-bond donors (Lipinski definition) is 1. The lowest BCUT2D eigenvalue weighted by atomic mass is 10.1. The van der Waals surface area contributed by atoms with Crippen molar-refractivity contribution in [2.75, 3.05) is 23.3 Å². The van der Waals surface area contributed by atoms with Gasteiger partial charge in [0.1, 0.15) is 6.33 Å². The molecule has 23 heavy (non-hydrogen) atoms. The van der Waals surface area contributed by atoms with Crippen molar-refractivity contribution in [2.24, 2.45) is 0 Å². The zero-order valence-electron chi connectivity index (χ0n) is 14.0. The van der Waals surface area contributed by atoms with Crippen LogP contribution < -0.4 is 10.2 Å². The molecule has 0 saturated carbocycles. The normalized spacial score (nSPS) is 10.4. The Morgan fingerprint density at radius 2 is 1.87 bits per heavy atom. The van der Waals surface area contributed by atoms with Gasteiger partial charge in [0.25, 0.3) is 0 Å². The van der Waals surface area contributed by atoms with Gasteiger partial charge in [0.2, 0.25) is 5.91 Å². The van der Waals surface area contributed by atoms with Crippen LogP contribution in [0, 0.1) is 6.92 Å². The Kier molecular flexibility index (Phi) is 6.09. The first kappa shape index (κ1) is 16.9. The van der Waals surface area contributed by atoms with Crippen LogP contribution >= 0.6 is 0 Å². The average Bonchev–Trinajstić information content (AvgIpc) is 2.57. The molecule has 2 rings (SSSR count). The van der Waals surface area contributed by atoms with Gasteiger partial charge in [0.15, 0.2) is 0 Å². The number of nitrogens with zero attached hydrogens (tertiary/aromatic N) is 3. The summed E-state index contributed by atoms with van der Waals surface area (Å²) in [5.41, 5.74) is 4.10. The topological polar surface area (TPSA) is 58.1 Å². The fraction of sp³-hybridized carbons (Fsp3) is 0.389. The summed E-state index contributed by atoms with van der Waals surface area (Å²) in [6, 6.07) is 6.15. The van der Waals surface area contributed by atoms with E-state index in [0.717, 1.165) is 29.9 Å². The molecule has 0 fully saturated rings. The highest BCUT2D eigenvalue weighted by Crippen LogP contribution is 2.22. The number of aromatic nitrogens is 2. The fourth-order valence-electron chi connectivity index (χ4n) is 2.50. The minimum atomic E-state index is 0.00698. The molecule has 2 aromatic rings. The summed E-state index contributed by atoms with van der Waals surface area (Å²) in [6.07, 6.45) is 6.03. The Hall–Kier alpha value is -2.43. The van der Waals surface area contributed by atoms with Gasteiger partial charge in [-0.05, 0) is 56.5 Å². The number of amides is 1. The smallest absolute Gasteiger partial charge is 0.224 e. The molecule has 0 atom stereocenters. The standard InChI is InChI=1S/C18H24N4O/c1-4-22(5-2)16-7-8-17(14(3)10-16)21-18(23)9-6-15-11-19-13-20-12-15/h7-8,10-13H,4-6,9H2,1-3H3,(H,21,23). The van der Waals surface area contributed by atoms with Crippen LogP contribution in [0.2, 0.25) is 0 Å². The average molecular weight is 312 g/mol. The summed E-state index contributed by atoms with van der Waals surface area (Å²) >= 11 is 0. The maximum Gasteiger partial charge on any atom is 0.224 e. The van der Waals surface area contributed by atoms with Gasteiger partial charge < -0.3 is 10.2 Å². The number of anilines is 2. The molecule has 0 aliphatic heterocycles. The van der Waals surface area contributed by atoms with Crippen molar-refractivity contribution in [3.05, 3.63) is 48.0 Å². The van der Waals surface area contributed by atoms with Crippen LogP contribution in [0.1, 0.15) is 31.4 Å². The Morgan fingerprint density at radius 3 is 2.48 bits per heavy atom. The largest absolute Gasteiger partial charge is 0.372 e. The van der Waals surface area contributed by atoms with Crippen LogP contribution in [0.15, 0.2) is 36.9 Å². The van der Waals surface area contributed by atoms with Gasteiger partial charge in [-0.15, -0.1) is 0 Å². The molecule has 1 aromatic heterocycles. The molecule has 5 nitrogen and oxygen atoms in total. The number of carbonyl (C=O) groups excluding carboxylic acids is 1. The second-order valence-electron chi connectivity index (χ2n) is 5.47. The monoisotopic (exact) mass is 312 g/mol. The molecule has 0 saturated heterocycles. The molecule has 0 aliphatic carbocycles. The molecule has 122 valence electrons. The molecule has 1 heterocycles. The highest BCUT2D eigenvalue weighted by molar-refractivity contribution is 5.91. The Balaban J connectivity index is 1.95. The third kappa shape index (κ3) is 4.77. The predicted octanol–water partition coefficient (Wildman–Crippen LogP) is 3.20. The quantitative estimate of drug-likeness (QED) is 0.853. The van der Waals surface area contributed by atoms with Crippen molar-refractivity contribution < 1.29 is 4.79 Å². The van der Waals surface area contributed by atoms with Crippen LogP contribution in [0.5, 0.6) is 0 Å². The number of benzene rings is 1. The van der Waals surface area contributed by atoms with E-state index in [0.29, 0.717) is 12.8 Å². The Labute approximate surface area is 137 Å². The fourth-order valence-corrected chi connectivity index (χ4v) is 2.50. The van der Waals surface area contributed by atoms with Crippen LogP contribution in [-0.4, -0.2) is 29.0 Å². The van der Waals surface area contributed by atoms with Gasteiger partial charge >= 0.3 is 0 Å². The third-order valence-electron chi connectivity index (χ3n) is 3.87. The van der Waals surface area contributed by atoms with Crippen molar-refractivity contribution >= 4 is 17.3 Å². The molecular weight excluding hydrogens is 288 g/mol. The first-order valence-corrected chi connectivity index (χ1v) is 8.03. The molecule has 0 radical (unpaired) electrons. The number of aryl methyl sites for hydroxylation is 2. The van der Waals surface area contributed by atoms with Gasteiger partial charge in [-0.2, -0.15) is 0 Å². The van der Waals surface area contributed by atoms with Crippen molar-refractivity contribution in [3.63, 3.8) is 0 Å². The third-order valence-corrected chi connectivity index (χ3v) is 3.87. The summed E-state index contributed by atoms with van der Waals surface area (Å²) in [6.45, 7) is 8.25. The van der Waals surface area contributed by atoms with Crippen molar-refractivity contribution in [3.8, 4) is 0 Å². The van der Waals surface area contributed by atoms with Crippen LogP contribution in [-0.2, 0) is 11.2 Å². The van der Waals surface area contributed by atoms with Gasteiger partial charge in [0.05, 0.1) is 0 Å². The van der Waals surface area contributed by atoms with E-state index in [1.807, 2.05) is 13.0 Å². The number of carbonyl (C=O) groups is 1. The number of nitrogens with one attached hydrogen (secondary N) is 1. The summed E-state index contributed by atoms with van der Waals surface area (Å²) in [4.78, 5) is 22.3. The summed E-state index contributed by atoms with van der Waals surface area (Å²) in [5.74, 6) is 0.00698. The molecule has 1 aromatic carbocycles. The molecule has 0 aliphatic rings. The van der Waals surface area contributed by atoms with Crippen LogP contribution in [0.25, 0.3) is 0 Å². The molecule has 0 bridgehead atoms. The van der Waals surface area contributed by atoms with Crippen molar-refractivity contribution in [1.82, 2.24) is 9.97 Å². The first-order chi connectivity index (χ1) is 11.1. The van der Waals surface area contributed by atoms with Crippen LogP contribution in [0.4, 0.5) is 11.4 Å². The van der Waals surface area contributed by atoms with Gasteiger partial charge in [-0.1, -0.05) is 0 Å². The Bertz CT molecular complexity index is 639. The minimum Gasteiger partial charge on any atom is -0.372 e. The van der Waals surface area contributed by atoms with E-state index < -0.39 is 0 Å². The molecule has 5 heteroatoms. The van der Waals surface area contributed by atoms with E-state index >= 15 is 0 Å². The van der Waals surface area contributed by atoms with Crippen molar-refractivity contribution in [1.29, 1.82) is 0 Å². The van der Waals surface area contributed by atoms with Gasteiger partial charge in [0, 0.05) is 43.3 Å². The van der Waals surface area contributed by atoms with Crippen LogP contribution in [0.3, 0.4) is 0 Å². The zero-order chi connectivity index (χ0) is 16.7. The number of rotatable bonds is 7.